The summed E-state index contributed by atoms with van der Waals surface area (Å²) in [6.07, 6.45) is -10.7. The van der Waals surface area contributed by atoms with Crippen molar-refractivity contribution in [3.05, 3.63) is 0 Å². The molecule has 0 bridgehead atoms. The predicted molar refractivity (Wildman–Crippen MR) is 502 cm³/mol. The van der Waals surface area contributed by atoms with Crippen molar-refractivity contribution < 1.29 is 180 Å². The maximum atomic E-state index is 12.6. The van der Waals surface area contributed by atoms with E-state index in [2.05, 4.69) is 83.1 Å². The number of aliphatic hydroxyl groups excluding tert-OH is 24. The molecule has 0 spiro atoms. The van der Waals surface area contributed by atoms with Crippen LogP contribution in [-0.4, -0.2) is 380 Å². The Balaban J connectivity index is 0.000000225. The van der Waals surface area contributed by atoms with Crippen molar-refractivity contribution in [2.24, 2.45) is 107 Å². The van der Waals surface area contributed by atoms with Gasteiger partial charge in [0.1, 0.15) is 181 Å². The standard InChI is InChI=1S/6C17H30O6/c6*1-3-5-10-7-12(19)11(6-9(10)4-2)17-16(22)15(21)14(20)13(8-18)23-17/h6*9-11,13-18,20-22H,3-8H2,1-2H3/t9-,10+,11+,13?,14?,15?,16?,17?;2*9-,10+,11-,13?,14?,15?,16?,17?;9-,10-,11+,13?,14?,15?,16?,17?;2*9-,10-,11-,13?,14?,15?,16?,17?/m110110/s1. The predicted octanol–water partition coefficient (Wildman–Crippen LogP) is 1.50. The fourth-order valence-electron chi connectivity index (χ4n) is 25.3. The molecule has 0 aromatic carbocycles. The number of ether oxygens (including phenoxy) is 6. The van der Waals surface area contributed by atoms with Crippen LogP contribution in [0.25, 0.3) is 0 Å². The normalized spacial score (nSPS) is 45.2. The van der Waals surface area contributed by atoms with Crippen LogP contribution in [0.3, 0.4) is 0 Å². The van der Waals surface area contributed by atoms with Gasteiger partial charge in [-0.3, -0.25) is 28.8 Å². The summed E-state index contributed by atoms with van der Waals surface area (Å²) in [4.78, 5) is 75.4. The highest BCUT2D eigenvalue weighted by Gasteiger charge is 2.58. The average molecular weight is 1980 g/mol. The van der Waals surface area contributed by atoms with E-state index in [0.29, 0.717) is 148 Å². The van der Waals surface area contributed by atoms with E-state index in [1.807, 2.05) is 0 Å². The lowest BCUT2D eigenvalue weighted by molar-refractivity contribution is -0.242. The van der Waals surface area contributed by atoms with Gasteiger partial charge in [-0.15, -0.1) is 0 Å². The van der Waals surface area contributed by atoms with Crippen molar-refractivity contribution >= 4 is 34.7 Å². The first kappa shape index (κ1) is 122. The van der Waals surface area contributed by atoms with Gasteiger partial charge >= 0.3 is 0 Å². The van der Waals surface area contributed by atoms with Gasteiger partial charge in [0.05, 0.1) is 76.3 Å². The lowest BCUT2D eigenvalue weighted by atomic mass is 9.67. The number of ketones is 6. The monoisotopic (exact) mass is 1980 g/mol. The fourth-order valence-corrected chi connectivity index (χ4v) is 25.3. The van der Waals surface area contributed by atoms with E-state index < -0.39 is 258 Å². The second-order valence-electron chi connectivity index (χ2n) is 42.1. The van der Waals surface area contributed by atoms with Crippen LogP contribution in [0.5, 0.6) is 0 Å². The Bertz CT molecular complexity index is 2970. The van der Waals surface area contributed by atoms with Crippen molar-refractivity contribution in [3.8, 4) is 0 Å². The molecule has 48 atom stereocenters. The van der Waals surface area contributed by atoms with E-state index in [1.54, 1.807) is 0 Å². The minimum Gasteiger partial charge on any atom is -0.394 e. The lowest BCUT2D eigenvalue weighted by Crippen LogP contribution is -2.61. The molecular weight excluding hydrogens is 1800 g/mol. The lowest BCUT2D eigenvalue weighted by Gasteiger charge is -2.45. The van der Waals surface area contributed by atoms with E-state index in [1.165, 1.54) is 0 Å². The van der Waals surface area contributed by atoms with E-state index in [9.17, 15) is 151 Å². The zero-order valence-electron chi connectivity index (χ0n) is 83.8. The summed E-state index contributed by atoms with van der Waals surface area (Å²) in [6, 6.07) is 0. The van der Waals surface area contributed by atoms with E-state index in [4.69, 9.17) is 28.4 Å². The second kappa shape index (κ2) is 58.5. The first-order chi connectivity index (χ1) is 65.6. The van der Waals surface area contributed by atoms with Crippen LogP contribution in [0, 0.1) is 107 Å². The SMILES string of the molecule is CCC[C@@H]1CC(=O)[C@@H](C2OC(CO)C(O)C(O)C2O)C[C@@H]1CC.CCC[C@@H]1CC(=O)[C@@H](C2OC(CO)C(O)C(O)C2O)C[C@H]1CC.CCC[C@@H]1CC(=O)[C@H](C2OC(CO)C(O)C(O)C2O)C[C@H]1CC.CCC[C@H]1CC(=O)[C@@H](C2OC(CO)C(O)C(O)C2O)C[C@@H]1CC.CCC[C@H]1CC(=O)[C@@H](C2OC(CO)C(O)C(O)C2O)C[C@H]1CC.CCC[C@H]1CC(=O)[C@H](C2OC(CO)C(O)C(O)C2O)C[C@H]1CC. The Hall–Kier alpha value is -3.18. The number of carbonyl (C=O) groups excluding carboxylic acids is 6. The van der Waals surface area contributed by atoms with Crippen LogP contribution in [0.2, 0.25) is 0 Å². The highest BCUT2D eigenvalue weighted by Crippen LogP contribution is 2.49. The van der Waals surface area contributed by atoms with E-state index in [0.717, 1.165) is 116 Å². The molecule has 0 amide bonds. The highest BCUT2D eigenvalue weighted by molar-refractivity contribution is 5.85. The molecule has 6 heterocycles. The first-order valence-electron chi connectivity index (χ1n) is 52.6. The topological polar surface area (TPSA) is 643 Å². The molecule has 138 heavy (non-hydrogen) atoms. The van der Waals surface area contributed by atoms with Gasteiger partial charge in [-0.25, -0.2) is 0 Å². The maximum Gasteiger partial charge on any atom is 0.138 e. The Labute approximate surface area is 815 Å². The highest BCUT2D eigenvalue weighted by atomic mass is 16.6. The van der Waals surface area contributed by atoms with Crippen LogP contribution in [0.4, 0.5) is 0 Å². The second-order valence-corrected chi connectivity index (χ2v) is 42.1. The van der Waals surface area contributed by atoms with Crippen LogP contribution < -0.4 is 0 Å². The van der Waals surface area contributed by atoms with Crippen LogP contribution >= 0.6 is 0 Å². The molecule has 0 aromatic heterocycles. The summed E-state index contributed by atoms with van der Waals surface area (Å²) in [5, 5.41) is 236. The van der Waals surface area contributed by atoms with E-state index in [-0.39, 0.29) is 34.7 Å². The molecule has 12 rings (SSSR count). The Morgan fingerprint density at radius 1 is 0.181 bits per heavy atom. The Kier molecular flexibility index (Phi) is 51.6. The molecule has 24 N–H and O–H groups in total. The summed E-state index contributed by atoms with van der Waals surface area (Å²) in [5.74, 6) is 2.00. The van der Waals surface area contributed by atoms with Crippen molar-refractivity contribution in [2.75, 3.05) is 39.6 Å². The number of carbonyl (C=O) groups is 6. The number of rotatable bonds is 30. The quantitative estimate of drug-likeness (QED) is 0.0484. The fraction of sp³-hybridized carbons (Fsp3) is 0.941. The van der Waals surface area contributed by atoms with Gasteiger partial charge < -0.3 is 151 Å². The molecule has 0 radical (unpaired) electrons. The summed E-state index contributed by atoms with van der Waals surface area (Å²) in [7, 11) is 0. The number of hydrogen-bond donors (Lipinski definition) is 24. The van der Waals surface area contributed by atoms with Crippen molar-refractivity contribution in [1.29, 1.82) is 0 Å². The van der Waals surface area contributed by atoms with Gasteiger partial charge in [-0.1, -0.05) is 199 Å². The van der Waals surface area contributed by atoms with Crippen molar-refractivity contribution in [2.45, 2.75) is 459 Å². The third kappa shape index (κ3) is 29.7. The molecule has 6 saturated carbocycles. The largest absolute Gasteiger partial charge is 0.394 e. The summed E-state index contributed by atoms with van der Waals surface area (Å²) in [5.41, 5.74) is 0. The molecule has 36 heteroatoms. The van der Waals surface area contributed by atoms with Gasteiger partial charge in [-0.2, -0.15) is 0 Å². The number of aliphatic hydroxyl groups is 24. The van der Waals surface area contributed by atoms with Gasteiger partial charge in [0, 0.05) is 74.0 Å². The minimum absolute atomic E-state index is 0.0532. The van der Waals surface area contributed by atoms with Crippen LogP contribution in [-0.2, 0) is 57.2 Å². The van der Waals surface area contributed by atoms with Gasteiger partial charge in [0.2, 0.25) is 0 Å². The zero-order chi connectivity index (χ0) is 103. The molecule has 12 aliphatic rings. The smallest absolute Gasteiger partial charge is 0.138 e. The molecule has 30 unspecified atom stereocenters. The maximum absolute atomic E-state index is 12.6. The third-order valence-electron chi connectivity index (χ3n) is 33.7. The molecule has 6 aliphatic carbocycles. The molecule has 36 nitrogen and oxygen atoms in total. The summed E-state index contributed by atoms with van der Waals surface area (Å²) < 4.78 is 33.6. The molecule has 804 valence electrons. The summed E-state index contributed by atoms with van der Waals surface area (Å²) >= 11 is 0. The molecule has 12 fully saturated rings. The number of hydrogen-bond acceptors (Lipinski definition) is 36. The van der Waals surface area contributed by atoms with Crippen molar-refractivity contribution in [3.63, 3.8) is 0 Å². The van der Waals surface area contributed by atoms with Crippen LogP contribution in [0.1, 0.15) is 276 Å². The molecular formula is C102H180O36. The van der Waals surface area contributed by atoms with Crippen LogP contribution in [0.15, 0.2) is 0 Å². The van der Waals surface area contributed by atoms with Gasteiger partial charge in [-0.05, 0) is 110 Å². The Morgan fingerprint density at radius 2 is 0.297 bits per heavy atom. The first-order valence-corrected chi connectivity index (χ1v) is 52.6. The molecule has 6 aliphatic heterocycles. The molecule has 0 aromatic rings. The third-order valence-corrected chi connectivity index (χ3v) is 33.7. The average Bonchev–Trinajstić information content (AvgIpc) is 0.801. The summed E-state index contributed by atoms with van der Waals surface area (Å²) in [6.45, 7) is 22.5. The minimum atomic E-state index is -1.41. The number of Topliss-reactive ketones (excluding diaryl/α,β-unsaturated/α-hetero) is 6. The van der Waals surface area contributed by atoms with E-state index >= 15 is 0 Å². The van der Waals surface area contributed by atoms with Gasteiger partial charge in [0.15, 0.2) is 0 Å². The zero-order valence-corrected chi connectivity index (χ0v) is 83.8. The van der Waals surface area contributed by atoms with Crippen molar-refractivity contribution in [1.82, 2.24) is 0 Å². The van der Waals surface area contributed by atoms with Gasteiger partial charge in [0.25, 0.3) is 0 Å². The molecule has 6 saturated heterocycles. The Morgan fingerprint density at radius 3 is 0.391 bits per heavy atom.